The number of nitrogens with one attached hydrogen (secondary N) is 1. The fraction of sp³-hybridized carbons (Fsp3) is 0.385. The molecule has 0 saturated carbocycles. The second kappa shape index (κ2) is 6.66. The van der Waals surface area contributed by atoms with Gasteiger partial charge in [-0.25, -0.2) is 4.39 Å². The monoisotopic (exact) mass is 241 g/mol. The standard InChI is InChI=1S/C13H17ClFN/c1-3-6-16-9-10(2)7-11-8-12(14)4-5-13(11)15/h4-5,7-8,16H,3,6,9H2,1-2H3/b10-7+. The maximum absolute atomic E-state index is 13.4. The predicted molar refractivity (Wildman–Crippen MR) is 68.2 cm³/mol. The fourth-order valence-electron chi connectivity index (χ4n) is 1.40. The smallest absolute Gasteiger partial charge is 0.130 e. The molecule has 1 N–H and O–H groups in total. The maximum atomic E-state index is 13.4. The molecule has 0 aliphatic rings. The Hall–Kier alpha value is -0.860. The van der Waals surface area contributed by atoms with Crippen molar-refractivity contribution in [2.45, 2.75) is 20.3 Å². The van der Waals surface area contributed by atoms with Crippen molar-refractivity contribution in [2.75, 3.05) is 13.1 Å². The van der Waals surface area contributed by atoms with Crippen LogP contribution < -0.4 is 5.32 Å². The second-order valence-corrected chi connectivity index (χ2v) is 4.27. The van der Waals surface area contributed by atoms with Gasteiger partial charge in [0.05, 0.1) is 0 Å². The highest BCUT2D eigenvalue weighted by Crippen LogP contribution is 2.17. The molecule has 1 nitrogen and oxygen atoms in total. The predicted octanol–water partition coefficient (Wildman–Crippen LogP) is 3.88. The van der Waals surface area contributed by atoms with Crippen molar-refractivity contribution in [1.82, 2.24) is 5.32 Å². The minimum absolute atomic E-state index is 0.237. The fourth-order valence-corrected chi connectivity index (χ4v) is 1.58. The molecule has 0 aliphatic heterocycles. The van der Waals surface area contributed by atoms with E-state index < -0.39 is 0 Å². The van der Waals surface area contributed by atoms with E-state index in [1.807, 2.05) is 13.0 Å². The molecule has 3 heteroatoms. The molecular formula is C13H17ClFN. The highest BCUT2D eigenvalue weighted by Gasteiger charge is 2.00. The van der Waals surface area contributed by atoms with Crippen LogP contribution in [0.5, 0.6) is 0 Å². The first kappa shape index (κ1) is 13.2. The summed E-state index contributed by atoms with van der Waals surface area (Å²) in [5.41, 5.74) is 1.64. The summed E-state index contributed by atoms with van der Waals surface area (Å²) >= 11 is 5.82. The van der Waals surface area contributed by atoms with Crippen molar-refractivity contribution in [2.24, 2.45) is 0 Å². The normalized spacial score (nSPS) is 11.9. The summed E-state index contributed by atoms with van der Waals surface area (Å²) in [5.74, 6) is -0.237. The average Bonchev–Trinajstić information content (AvgIpc) is 2.24. The van der Waals surface area contributed by atoms with Gasteiger partial charge in [0.2, 0.25) is 0 Å². The molecule has 0 radical (unpaired) electrons. The van der Waals surface area contributed by atoms with Crippen LogP contribution in [0.1, 0.15) is 25.8 Å². The van der Waals surface area contributed by atoms with E-state index in [1.54, 1.807) is 12.1 Å². The molecule has 0 aliphatic carbocycles. The Labute approximate surface area is 101 Å². The molecule has 0 unspecified atom stereocenters. The van der Waals surface area contributed by atoms with Crippen LogP contribution in [0.25, 0.3) is 6.08 Å². The van der Waals surface area contributed by atoms with Gasteiger partial charge < -0.3 is 5.32 Å². The van der Waals surface area contributed by atoms with Gasteiger partial charge in [-0.15, -0.1) is 0 Å². The largest absolute Gasteiger partial charge is 0.313 e. The lowest BCUT2D eigenvalue weighted by Crippen LogP contribution is -2.16. The Bertz CT molecular complexity index is 374. The average molecular weight is 242 g/mol. The first-order valence-corrected chi connectivity index (χ1v) is 5.84. The van der Waals surface area contributed by atoms with Gasteiger partial charge in [-0.2, -0.15) is 0 Å². The van der Waals surface area contributed by atoms with Crippen LogP contribution in [-0.2, 0) is 0 Å². The lowest BCUT2D eigenvalue weighted by atomic mass is 10.1. The molecule has 0 saturated heterocycles. The van der Waals surface area contributed by atoms with Crippen LogP contribution in [0.4, 0.5) is 4.39 Å². The maximum Gasteiger partial charge on any atom is 0.130 e. The summed E-state index contributed by atoms with van der Waals surface area (Å²) in [6.07, 6.45) is 2.92. The number of hydrogen-bond donors (Lipinski definition) is 1. The summed E-state index contributed by atoms with van der Waals surface area (Å²) in [6, 6.07) is 4.58. The number of benzene rings is 1. The van der Waals surface area contributed by atoms with Crippen LogP contribution in [0.2, 0.25) is 5.02 Å². The summed E-state index contributed by atoms with van der Waals surface area (Å²) < 4.78 is 13.4. The van der Waals surface area contributed by atoms with E-state index in [-0.39, 0.29) is 5.82 Å². The Balaban J connectivity index is 2.69. The molecule has 1 aromatic rings. The van der Waals surface area contributed by atoms with Gasteiger partial charge >= 0.3 is 0 Å². The number of rotatable bonds is 5. The highest BCUT2D eigenvalue weighted by molar-refractivity contribution is 6.30. The van der Waals surface area contributed by atoms with Gasteiger partial charge in [-0.1, -0.05) is 30.2 Å². The van der Waals surface area contributed by atoms with Crippen molar-refractivity contribution >= 4 is 17.7 Å². The van der Waals surface area contributed by atoms with E-state index in [0.29, 0.717) is 10.6 Å². The summed E-state index contributed by atoms with van der Waals surface area (Å²) in [5, 5.41) is 3.82. The zero-order valence-corrected chi connectivity index (χ0v) is 10.4. The van der Waals surface area contributed by atoms with Crippen molar-refractivity contribution in [1.29, 1.82) is 0 Å². The molecular weight excluding hydrogens is 225 g/mol. The van der Waals surface area contributed by atoms with Crippen LogP contribution in [-0.4, -0.2) is 13.1 Å². The van der Waals surface area contributed by atoms with E-state index in [0.717, 1.165) is 25.1 Å². The zero-order valence-electron chi connectivity index (χ0n) is 9.69. The molecule has 0 amide bonds. The van der Waals surface area contributed by atoms with Gasteiger partial charge in [-0.3, -0.25) is 0 Å². The van der Waals surface area contributed by atoms with E-state index in [1.165, 1.54) is 6.07 Å². The SMILES string of the molecule is CCCNC/C(C)=C/c1cc(Cl)ccc1F. The number of halogens is 2. The zero-order chi connectivity index (χ0) is 12.0. The third-order valence-corrected chi connectivity index (χ3v) is 2.43. The van der Waals surface area contributed by atoms with Crippen LogP contribution in [0.3, 0.4) is 0 Å². The topological polar surface area (TPSA) is 12.0 Å². The second-order valence-electron chi connectivity index (χ2n) is 3.83. The third-order valence-electron chi connectivity index (χ3n) is 2.19. The molecule has 0 aromatic heterocycles. The van der Waals surface area contributed by atoms with Crippen molar-refractivity contribution in [3.63, 3.8) is 0 Å². The Kier molecular flexibility index (Phi) is 5.50. The molecule has 1 aromatic carbocycles. The van der Waals surface area contributed by atoms with Crippen LogP contribution in [0, 0.1) is 5.82 Å². The van der Waals surface area contributed by atoms with Gasteiger partial charge in [0.1, 0.15) is 5.82 Å². The van der Waals surface area contributed by atoms with Crippen molar-refractivity contribution < 1.29 is 4.39 Å². The van der Waals surface area contributed by atoms with Gasteiger partial charge in [-0.05, 0) is 38.1 Å². The molecule has 16 heavy (non-hydrogen) atoms. The molecule has 0 bridgehead atoms. The van der Waals surface area contributed by atoms with Crippen molar-refractivity contribution in [3.05, 3.63) is 40.2 Å². The van der Waals surface area contributed by atoms with Crippen molar-refractivity contribution in [3.8, 4) is 0 Å². The summed E-state index contributed by atoms with van der Waals surface area (Å²) in [6.45, 7) is 5.84. The highest BCUT2D eigenvalue weighted by atomic mass is 35.5. The first-order chi connectivity index (χ1) is 7.63. The van der Waals surface area contributed by atoms with Gasteiger partial charge in [0.25, 0.3) is 0 Å². The van der Waals surface area contributed by atoms with E-state index in [2.05, 4.69) is 12.2 Å². The third kappa shape index (κ3) is 4.33. The quantitative estimate of drug-likeness (QED) is 0.772. The Morgan fingerprint density at radius 1 is 1.50 bits per heavy atom. The minimum Gasteiger partial charge on any atom is -0.313 e. The lowest BCUT2D eigenvalue weighted by Gasteiger charge is -2.04. The van der Waals surface area contributed by atoms with E-state index >= 15 is 0 Å². The van der Waals surface area contributed by atoms with Gasteiger partial charge in [0.15, 0.2) is 0 Å². The Morgan fingerprint density at radius 2 is 2.25 bits per heavy atom. The van der Waals surface area contributed by atoms with Crippen LogP contribution >= 0.6 is 11.6 Å². The number of hydrogen-bond acceptors (Lipinski definition) is 1. The molecule has 1 rings (SSSR count). The van der Waals surface area contributed by atoms with Crippen LogP contribution in [0.15, 0.2) is 23.8 Å². The van der Waals surface area contributed by atoms with E-state index in [9.17, 15) is 4.39 Å². The Morgan fingerprint density at radius 3 is 2.94 bits per heavy atom. The molecule has 0 spiro atoms. The van der Waals surface area contributed by atoms with E-state index in [4.69, 9.17) is 11.6 Å². The summed E-state index contributed by atoms with van der Waals surface area (Å²) in [4.78, 5) is 0. The van der Waals surface area contributed by atoms with Gasteiger partial charge in [0, 0.05) is 17.1 Å². The lowest BCUT2D eigenvalue weighted by molar-refractivity contribution is 0.625. The summed E-state index contributed by atoms with van der Waals surface area (Å²) in [7, 11) is 0. The first-order valence-electron chi connectivity index (χ1n) is 5.46. The minimum atomic E-state index is -0.237. The molecule has 0 atom stereocenters. The molecule has 0 fully saturated rings. The molecule has 88 valence electrons. The molecule has 0 heterocycles.